The van der Waals surface area contributed by atoms with E-state index in [1.807, 2.05) is 6.07 Å². The quantitative estimate of drug-likeness (QED) is 0.345. The van der Waals surface area contributed by atoms with Crippen LogP contribution in [0.25, 0.3) is 6.08 Å². The van der Waals surface area contributed by atoms with Crippen molar-refractivity contribution in [3.8, 4) is 0 Å². The van der Waals surface area contributed by atoms with Gasteiger partial charge in [-0.2, -0.15) is 0 Å². The van der Waals surface area contributed by atoms with Crippen molar-refractivity contribution >= 4 is 29.5 Å². The predicted molar refractivity (Wildman–Crippen MR) is 97.3 cm³/mol. The Labute approximate surface area is 150 Å². The molecule has 5 N–H and O–H groups in total. The van der Waals surface area contributed by atoms with Crippen LogP contribution in [0.2, 0.25) is 0 Å². The van der Waals surface area contributed by atoms with Crippen molar-refractivity contribution < 1.29 is 19.6 Å². The summed E-state index contributed by atoms with van der Waals surface area (Å²) in [4.78, 5) is 34.5. The number of hydroxylamine groups is 1. The predicted octanol–water partition coefficient (Wildman–Crippen LogP) is 1.88. The molecule has 0 unspecified atom stereocenters. The molecule has 26 heavy (non-hydrogen) atoms. The zero-order valence-corrected chi connectivity index (χ0v) is 13.9. The van der Waals surface area contributed by atoms with Gasteiger partial charge in [0.15, 0.2) is 0 Å². The molecule has 0 aliphatic rings. The third-order valence-electron chi connectivity index (χ3n) is 3.58. The Kier molecular flexibility index (Phi) is 6.64. The Morgan fingerprint density at radius 3 is 2.58 bits per heavy atom. The summed E-state index contributed by atoms with van der Waals surface area (Å²) in [5, 5.41) is 11.3. The number of primary amides is 1. The molecular formula is C19H19N3O4. The van der Waals surface area contributed by atoms with Gasteiger partial charge in [0.05, 0.1) is 0 Å². The number of rotatable bonds is 7. The van der Waals surface area contributed by atoms with Gasteiger partial charge in [0.25, 0.3) is 11.8 Å². The van der Waals surface area contributed by atoms with Crippen LogP contribution in [0.5, 0.6) is 0 Å². The highest BCUT2D eigenvalue weighted by molar-refractivity contribution is 6.05. The molecule has 0 atom stereocenters. The summed E-state index contributed by atoms with van der Waals surface area (Å²) in [5.74, 6) is -1.39. The van der Waals surface area contributed by atoms with Crippen LogP contribution in [-0.4, -0.2) is 22.9 Å². The zero-order chi connectivity index (χ0) is 18.9. The second kappa shape index (κ2) is 9.14. The lowest BCUT2D eigenvalue weighted by Gasteiger charge is -2.09. The first kappa shape index (κ1) is 18.9. The van der Waals surface area contributed by atoms with E-state index in [4.69, 9.17) is 10.9 Å². The summed E-state index contributed by atoms with van der Waals surface area (Å²) >= 11 is 0. The molecule has 0 aliphatic heterocycles. The summed E-state index contributed by atoms with van der Waals surface area (Å²) in [6.45, 7) is 0. The van der Waals surface area contributed by atoms with Gasteiger partial charge in [-0.3, -0.25) is 19.6 Å². The molecule has 134 valence electrons. The Balaban J connectivity index is 2.15. The highest BCUT2D eigenvalue weighted by Gasteiger charge is 2.09. The van der Waals surface area contributed by atoms with Gasteiger partial charge in [-0.15, -0.1) is 0 Å². The lowest BCUT2D eigenvalue weighted by molar-refractivity contribution is -0.124. The second-order valence-electron chi connectivity index (χ2n) is 5.52. The highest BCUT2D eigenvalue weighted by atomic mass is 16.5. The van der Waals surface area contributed by atoms with Crippen molar-refractivity contribution in [3.63, 3.8) is 0 Å². The molecule has 0 spiro atoms. The minimum atomic E-state index is -0.673. The summed E-state index contributed by atoms with van der Waals surface area (Å²) in [6, 6.07) is 13.9. The molecule has 2 aromatic carbocycles. The van der Waals surface area contributed by atoms with E-state index in [9.17, 15) is 14.4 Å². The number of carbonyl (C=O) groups excluding carboxylic acids is 3. The molecule has 0 bridgehead atoms. The maximum absolute atomic E-state index is 12.5. The van der Waals surface area contributed by atoms with Crippen LogP contribution in [0.3, 0.4) is 0 Å². The van der Waals surface area contributed by atoms with Crippen LogP contribution in [0, 0.1) is 0 Å². The monoisotopic (exact) mass is 353 g/mol. The molecule has 0 saturated carbocycles. The van der Waals surface area contributed by atoms with E-state index in [-0.39, 0.29) is 12.3 Å². The molecule has 2 aromatic rings. The molecule has 0 fully saturated rings. The number of hydrogen-bond acceptors (Lipinski definition) is 4. The summed E-state index contributed by atoms with van der Waals surface area (Å²) in [6.07, 6.45) is 3.30. The van der Waals surface area contributed by atoms with Crippen molar-refractivity contribution in [2.45, 2.75) is 12.8 Å². The molecule has 7 nitrogen and oxygen atoms in total. The fraction of sp³-hybridized carbons (Fsp3) is 0.105. The van der Waals surface area contributed by atoms with Gasteiger partial charge < -0.3 is 11.1 Å². The van der Waals surface area contributed by atoms with Crippen LogP contribution < -0.4 is 16.5 Å². The number of aryl methyl sites for hydroxylation is 1. The maximum atomic E-state index is 12.5. The number of anilines is 1. The van der Waals surface area contributed by atoms with Crippen LogP contribution >= 0.6 is 0 Å². The first-order valence-electron chi connectivity index (χ1n) is 7.89. The molecule has 0 aliphatic carbocycles. The van der Waals surface area contributed by atoms with Gasteiger partial charge in [0.1, 0.15) is 0 Å². The van der Waals surface area contributed by atoms with Crippen molar-refractivity contribution in [2.75, 3.05) is 5.32 Å². The van der Waals surface area contributed by atoms with Crippen LogP contribution in [0.4, 0.5) is 5.69 Å². The average Bonchev–Trinajstić information content (AvgIpc) is 2.65. The van der Waals surface area contributed by atoms with Crippen molar-refractivity contribution in [3.05, 3.63) is 71.3 Å². The van der Waals surface area contributed by atoms with E-state index in [1.54, 1.807) is 42.5 Å². The molecule has 0 radical (unpaired) electrons. The van der Waals surface area contributed by atoms with E-state index >= 15 is 0 Å². The lowest BCUT2D eigenvalue weighted by atomic mass is 10.1. The summed E-state index contributed by atoms with van der Waals surface area (Å²) in [7, 11) is 0. The van der Waals surface area contributed by atoms with Crippen molar-refractivity contribution in [2.24, 2.45) is 5.73 Å². The smallest absolute Gasteiger partial charge is 0.267 e. The van der Waals surface area contributed by atoms with Crippen molar-refractivity contribution in [1.29, 1.82) is 0 Å². The molecule has 3 amide bonds. The van der Waals surface area contributed by atoms with Gasteiger partial charge in [-0.25, -0.2) is 5.48 Å². The van der Waals surface area contributed by atoms with Crippen LogP contribution in [0.1, 0.15) is 27.9 Å². The van der Waals surface area contributed by atoms with E-state index in [0.717, 1.165) is 11.6 Å². The normalized spacial score (nSPS) is 10.5. The first-order chi connectivity index (χ1) is 12.5. The number of hydrogen-bond donors (Lipinski definition) is 4. The SMILES string of the molecule is NC(=O)CCc1cccc(C(=O)Nc2ccccc2/C=C/C(=O)NO)c1. The van der Waals surface area contributed by atoms with Gasteiger partial charge in [0, 0.05) is 23.7 Å². The molecule has 2 rings (SSSR count). The molecule has 0 aromatic heterocycles. The third-order valence-corrected chi connectivity index (χ3v) is 3.58. The molecular weight excluding hydrogens is 334 g/mol. The topological polar surface area (TPSA) is 122 Å². The van der Waals surface area contributed by atoms with E-state index in [1.165, 1.54) is 11.6 Å². The van der Waals surface area contributed by atoms with Crippen LogP contribution in [0.15, 0.2) is 54.6 Å². The minimum Gasteiger partial charge on any atom is -0.370 e. The Morgan fingerprint density at radius 2 is 1.85 bits per heavy atom. The maximum Gasteiger partial charge on any atom is 0.267 e. The summed E-state index contributed by atoms with van der Waals surface area (Å²) < 4.78 is 0. The van der Waals surface area contributed by atoms with Crippen LogP contribution in [-0.2, 0) is 16.0 Å². The zero-order valence-electron chi connectivity index (χ0n) is 13.9. The third kappa shape index (κ3) is 5.57. The number of nitrogens with one attached hydrogen (secondary N) is 2. The Hall–Kier alpha value is -3.45. The lowest BCUT2D eigenvalue weighted by Crippen LogP contribution is -2.15. The van der Waals surface area contributed by atoms with Gasteiger partial charge in [0.2, 0.25) is 5.91 Å². The number of benzene rings is 2. The fourth-order valence-corrected chi connectivity index (χ4v) is 2.29. The van der Waals surface area contributed by atoms with Gasteiger partial charge in [-0.05, 0) is 41.8 Å². The average molecular weight is 353 g/mol. The number of nitrogens with two attached hydrogens (primary N) is 1. The van der Waals surface area contributed by atoms with E-state index in [2.05, 4.69) is 5.32 Å². The molecule has 7 heteroatoms. The summed E-state index contributed by atoms with van der Waals surface area (Å²) in [5.41, 5.74) is 9.05. The highest BCUT2D eigenvalue weighted by Crippen LogP contribution is 2.18. The number of para-hydroxylation sites is 1. The fourth-order valence-electron chi connectivity index (χ4n) is 2.29. The number of amides is 3. The van der Waals surface area contributed by atoms with Crippen molar-refractivity contribution in [1.82, 2.24) is 5.48 Å². The molecule has 0 heterocycles. The Morgan fingerprint density at radius 1 is 1.08 bits per heavy atom. The largest absolute Gasteiger partial charge is 0.370 e. The number of carbonyl (C=O) groups is 3. The van der Waals surface area contributed by atoms with Gasteiger partial charge in [-0.1, -0.05) is 30.3 Å². The first-order valence-corrected chi connectivity index (χ1v) is 7.89. The Bertz CT molecular complexity index is 846. The second-order valence-corrected chi connectivity index (χ2v) is 5.52. The van der Waals surface area contributed by atoms with E-state index < -0.39 is 11.8 Å². The van der Waals surface area contributed by atoms with E-state index in [0.29, 0.717) is 23.2 Å². The molecule has 0 saturated heterocycles. The minimum absolute atomic E-state index is 0.214. The van der Waals surface area contributed by atoms with Gasteiger partial charge >= 0.3 is 0 Å². The standard InChI is InChI=1S/C19H19N3O4/c20-17(23)10-8-13-4-3-6-15(12-13)19(25)21-16-7-2-1-5-14(16)9-11-18(24)22-26/h1-7,9,11-12,26H,8,10H2,(H2,20,23)(H,21,25)(H,22,24)/b11-9+.